The molecule has 294 valence electrons. The van der Waals surface area contributed by atoms with E-state index in [9.17, 15) is 0 Å². The summed E-state index contributed by atoms with van der Waals surface area (Å²) in [5, 5.41) is 16.1. The van der Waals surface area contributed by atoms with Crippen molar-refractivity contribution in [3.8, 4) is 11.1 Å². The van der Waals surface area contributed by atoms with E-state index in [1.807, 2.05) is 0 Å². The van der Waals surface area contributed by atoms with Crippen molar-refractivity contribution in [1.82, 2.24) is 0 Å². The summed E-state index contributed by atoms with van der Waals surface area (Å²) in [4.78, 5) is 0. The number of benzene rings is 9. The van der Waals surface area contributed by atoms with Gasteiger partial charge in [-0.2, -0.15) is 0 Å². The molecule has 0 bridgehead atoms. The van der Waals surface area contributed by atoms with E-state index in [1.165, 1.54) is 133 Å². The van der Waals surface area contributed by atoms with Crippen molar-refractivity contribution in [1.29, 1.82) is 0 Å². The Morgan fingerprint density at radius 2 is 0.933 bits per heavy atom. The lowest BCUT2D eigenvalue weighted by molar-refractivity contribution is 0.383. The number of hydrogen-bond donors (Lipinski definition) is 0. The third kappa shape index (κ3) is 6.02. The zero-order valence-corrected chi connectivity index (χ0v) is 35.2. The maximum atomic E-state index is 2.61. The van der Waals surface area contributed by atoms with Gasteiger partial charge in [0.15, 0.2) is 0 Å². The maximum absolute atomic E-state index is 2.61. The molecule has 9 aromatic carbocycles. The van der Waals surface area contributed by atoms with E-state index in [2.05, 4.69) is 178 Å². The van der Waals surface area contributed by atoms with E-state index in [1.54, 1.807) is 22.3 Å². The second-order valence-corrected chi connectivity index (χ2v) is 18.0. The molecule has 0 heteroatoms. The Labute approximate surface area is 355 Å². The second-order valence-electron chi connectivity index (χ2n) is 18.0. The summed E-state index contributed by atoms with van der Waals surface area (Å²) < 4.78 is 0. The number of hydrogen-bond acceptors (Lipinski definition) is 0. The van der Waals surface area contributed by atoms with Crippen molar-refractivity contribution in [3.63, 3.8) is 0 Å². The van der Waals surface area contributed by atoms with Crippen LogP contribution in [-0.2, 0) is 11.8 Å². The lowest BCUT2D eigenvalue weighted by Crippen LogP contribution is -2.35. The zero-order chi connectivity index (χ0) is 40.2. The Hall–Kier alpha value is -5.98. The van der Waals surface area contributed by atoms with Crippen LogP contribution in [0.3, 0.4) is 0 Å². The van der Waals surface area contributed by atoms with E-state index in [0.717, 1.165) is 12.8 Å². The molecule has 60 heavy (non-hydrogen) atoms. The minimum absolute atomic E-state index is 0.0592. The van der Waals surface area contributed by atoms with Gasteiger partial charge in [0.1, 0.15) is 0 Å². The predicted octanol–water partition coefficient (Wildman–Crippen LogP) is 17.3. The Morgan fingerprint density at radius 3 is 1.52 bits per heavy atom. The first-order valence-electron chi connectivity index (χ1n) is 22.9. The molecule has 0 aromatic heterocycles. The van der Waals surface area contributed by atoms with Gasteiger partial charge in [0.2, 0.25) is 0 Å². The Balaban J connectivity index is 1.02. The van der Waals surface area contributed by atoms with E-state index >= 15 is 0 Å². The summed E-state index contributed by atoms with van der Waals surface area (Å²) >= 11 is 0. The van der Waals surface area contributed by atoms with Crippen LogP contribution < -0.4 is 0 Å². The molecule has 0 radical (unpaired) electrons. The monoisotopic (exact) mass is 774 g/mol. The lowest BCUT2D eigenvalue weighted by Gasteiger charge is -2.45. The summed E-state index contributed by atoms with van der Waals surface area (Å²) in [6.45, 7) is 4.71. The molecule has 0 saturated heterocycles. The van der Waals surface area contributed by atoms with Crippen molar-refractivity contribution in [2.75, 3.05) is 0 Å². The van der Waals surface area contributed by atoms with Gasteiger partial charge in [0, 0.05) is 11.3 Å². The van der Waals surface area contributed by atoms with Crippen molar-refractivity contribution in [3.05, 3.63) is 192 Å². The average Bonchev–Trinajstić information content (AvgIpc) is 3.31. The van der Waals surface area contributed by atoms with Crippen LogP contribution in [0.25, 0.3) is 75.8 Å². The van der Waals surface area contributed by atoms with Crippen LogP contribution in [0, 0.1) is 0 Å². The van der Waals surface area contributed by atoms with Gasteiger partial charge >= 0.3 is 0 Å². The fourth-order valence-corrected chi connectivity index (χ4v) is 11.7. The highest BCUT2D eigenvalue weighted by molar-refractivity contribution is 6.26. The molecule has 0 N–H and O–H groups in total. The van der Waals surface area contributed by atoms with Crippen LogP contribution in [0.1, 0.15) is 94.2 Å². The van der Waals surface area contributed by atoms with Crippen LogP contribution in [0.5, 0.6) is 0 Å². The molecule has 0 fully saturated rings. The van der Waals surface area contributed by atoms with Crippen molar-refractivity contribution >= 4 is 64.6 Å². The lowest BCUT2D eigenvalue weighted by atomic mass is 9.59. The van der Waals surface area contributed by atoms with Gasteiger partial charge in [-0.3, -0.25) is 0 Å². The Kier molecular flexibility index (Phi) is 9.41. The van der Waals surface area contributed by atoms with Crippen LogP contribution in [0.15, 0.2) is 175 Å². The van der Waals surface area contributed by atoms with Gasteiger partial charge in [0.25, 0.3) is 0 Å². The summed E-state index contributed by atoms with van der Waals surface area (Å²) in [5.41, 5.74) is 10.6. The Morgan fingerprint density at radius 1 is 0.450 bits per heavy atom. The highest BCUT2D eigenvalue weighted by atomic mass is 14.5. The van der Waals surface area contributed by atoms with Gasteiger partial charge < -0.3 is 0 Å². The highest BCUT2D eigenvalue weighted by Crippen LogP contribution is 2.53. The number of rotatable bonds is 10. The molecule has 11 rings (SSSR count). The molecule has 9 aromatic rings. The molecule has 0 nitrogen and oxygen atoms in total. The summed E-state index contributed by atoms with van der Waals surface area (Å²) in [6, 6.07) is 58.0. The fourth-order valence-electron chi connectivity index (χ4n) is 11.7. The zero-order valence-electron chi connectivity index (χ0n) is 35.2. The van der Waals surface area contributed by atoms with Crippen LogP contribution in [0.4, 0.5) is 0 Å². The molecule has 0 aliphatic heterocycles. The number of allylic oxidation sites excluding steroid dienone is 4. The van der Waals surface area contributed by atoms with Gasteiger partial charge in [-0.05, 0) is 136 Å². The second kappa shape index (κ2) is 15.2. The first kappa shape index (κ1) is 37.1. The Bertz CT molecular complexity index is 3120. The highest BCUT2D eigenvalue weighted by Gasteiger charge is 2.42. The molecule has 0 saturated carbocycles. The number of unbranched alkanes of at least 4 members (excludes halogenated alkanes) is 4. The summed E-state index contributed by atoms with van der Waals surface area (Å²) in [6.07, 6.45) is 17.4. The molecule has 2 aliphatic rings. The third-order valence-electron chi connectivity index (χ3n) is 14.6. The quantitative estimate of drug-likeness (QED) is 0.0959. The first-order chi connectivity index (χ1) is 29.6. The normalized spacial score (nSPS) is 17.7. The molecule has 0 amide bonds. The van der Waals surface area contributed by atoms with E-state index in [4.69, 9.17) is 0 Å². The molecular weight excluding hydrogens is 721 g/mol. The third-order valence-corrected chi connectivity index (χ3v) is 14.6. The van der Waals surface area contributed by atoms with Crippen molar-refractivity contribution in [2.45, 2.75) is 89.4 Å². The standard InChI is InChI=1S/C60H54/c1-3-5-7-16-34-60(33-6-4-2)58-31-27-40(42-25-29-54-50-21-10-8-17-46(50)48-19-12-14-23-52(48)56(54)38-42)35-44(58)37-45-36-41(28-32-59(45)60)43-26-30-55-51-22-11-9-18-47(51)49-20-13-15-24-53(49)57(55)39-43/h8-15,17-32,35,38-39,41H,3-7,16,33-34,36-37H2,1-2H3. The fraction of sp³-hybridized carbons (Fsp3) is 0.233. The summed E-state index contributed by atoms with van der Waals surface area (Å²) in [7, 11) is 0. The van der Waals surface area contributed by atoms with Crippen molar-refractivity contribution in [2.24, 2.45) is 0 Å². The van der Waals surface area contributed by atoms with E-state index in [0.29, 0.717) is 5.92 Å². The molecule has 2 aliphatic carbocycles. The van der Waals surface area contributed by atoms with Crippen molar-refractivity contribution < 1.29 is 0 Å². The SMILES string of the molecule is CCCCCCC1(CCCC)C2=C(Cc3cc(-c4ccc5c6ccccc6c6ccccc6c5c4)ccc31)CC(c1ccc3c4ccccc4c4ccccc4c3c1)C=C2. The van der Waals surface area contributed by atoms with Gasteiger partial charge in [0.05, 0.1) is 0 Å². The molecule has 0 heterocycles. The minimum atomic E-state index is 0.0592. The molecule has 2 unspecified atom stereocenters. The largest absolute Gasteiger partial charge is 0.0764 e. The van der Waals surface area contributed by atoms with Crippen LogP contribution in [-0.4, -0.2) is 0 Å². The summed E-state index contributed by atoms with van der Waals surface area (Å²) in [5.74, 6) is 0.357. The molecule has 0 spiro atoms. The predicted molar refractivity (Wildman–Crippen MR) is 261 cm³/mol. The smallest absolute Gasteiger partial charge is 0.0205 e. The molecular formula is C60H54. The van der Waals surface area contributed by atoms with Crippen LogP contribution >= 0.6 is 0 Å². The van der Waals surface area contributed by atoms with E-state index < -0.39 is 0 Å². The van der Waals surface area contributed by atoms with E-state index in [-0.39, 0.29) is 5.41 Å². The number of fused-ring (bicyclic) bond motifs is 13. The van der Waals surface area contributed by atoms with Gasteiger partial charge in [-0.25, -0.2) is 0 Å². The molecule has 2 atom stereocenters. The average molecular weight is 775 g/mol. The first-order valence-corrected chi connectivity index (χ1v) is 22.9. The van der Waals surface area contributed by atoms with Gasteiger partial charge in [-0.1, -0.05) is 210 Å². The van der Waals surface area contributed by atoms with Crippen LogP contribution in [0.2, 0.25) is 0 Å². The maximum Gasteiger partial charge on any atom is 0.0205 e. The minimum Gasteiger partial charge on any atom is -0.0764 e. The van der Waals surface area contributed by atoms with Gasteiger partial charge in [-0.15, -0.1) is 0 Å². The topological polar surface area (TPSA) is 0 Å².